The van der Waals surface area contributed by atoms with Crippen molar-refractivity contribution in [3.8, 4) is 0 Å². The fourth-order valence-electron chi connectivity index (χ4n) is 5.38. The molecular weight excluding hydrogens is 332 g/mol. The summed E-state index contributed by atoms with van der Waals surface area (Å²) in [5.41, 5.74) is -0.975. The second-order valence-corrected chi connectivity index (χ2v) is 9.07. The van der Waals surface area contributed by atoms with Gasteiger partial charge in [0.15, 0.2) is 0 Å². The van der Waals surface area contributed by atoms with Gasteiger partial charge in [-0.3, -0.25) is 9.59 Å². The van der Waals surface area contributed by atoms with Crippen molar-refractivity contribution in [1.82, 2.24) is 0 Å². The van der Waals surface area contributed by atoms with Crippen LogP contribution in [0.25, 0.3) is 0 Å². The number of esters is 2. The number of rotatable bonds is 6. The van der Waals surface area contributed by atoms with E-state index < -0.39 is 16.9 Å². The smallest absolute Gasteiger partial charge is 0.312 e. The minimum absolute atomic E-state index is 0.133. The number of carbonyl (C=O) groups excluding carboxylic acids is 2. The minimum atomic E-state index is -0.988. The summed E-state index contributed by atoms with van der Waals surface area (Å²) in [7, 11) is 0. The lowest BCUT2D eigenvalue weighted by Crippen LogP contribution is -2.38. The summed E-state index contributed by atoms with van der Waals surface area (Å²) in [6.07, 6.45) is 11.2. The molecule has 4 aliphatic rings. The zero-order valence-electron chi connectivity index (χ0n) is 15.5. The zero-order chi connectivity index (χ0) is 18.5. The van der Waals surface area contributed by atoms with Gasteiger partial charge in [0, 0.05) is 0 Å². The number of hydrogen-bond donors (Lipinski definition) is 1. The molecule has 0 aromatic carbocycles. The lowest BCUT2D eigenvalue weighted by Gasteiger charge is -2.30. The highest BCUT2D eigenvalue weighted by Crippen LogP contribution is 2.53. The number of aliphatic hydroxyl groups is 1. The minimum Gasteiger partial charge on any atom is -0.462 e. The van der Waals surface area contributed by atoms with E-state index in [0.29, 0.717) is 11.8 Å². The largest absolute Gasteiger partial charge is 0.462 e. The lowest BCUT2D eigenvalue weighted by molar-refractivity contribution is -0.165. The summed E-state index contributed by atoms with van der Waals surface area (Å²) < 4.78 is 10.7. The molecule has 4 rings (SSSR count). The Bertz CT molecular complexity index is 611. The van der Waals surface area contributed by atoms with Crippen LogP contribution in [0.5, 0.6) is 0 Å². The third-order valence-electron chi connectivity index (χ3n) is 7.10. The number of fused-ring (bicyclic) bond motifs is 4. The Morgan fingerprint density at radius 2 is 1.35 bits per heavy atom. The number of aliphatic hydroxyl groups excluding tert-OH is 1. The number of ether oxygens (including phenoxy) is 2. The summed E-state index contributed by atoms with van der Waals surface area (Å²) in [5.74, 6) is 0.899. The Kier molecular flexibility index (Phi) is 4.25. The highest BCUT2D eigenvalue weighted by atomic mass is 16.6. The summed E-state index contributed by atoms with van der Waals surface area (Å²) in [6, 6.07) is 0. The summed E-state index contributed by atoms with van der Waals surface area (Å²) in [5, 5.41) is 10.1. The molecule has 0 heterocycles. The van der Waals surface area contributed by atoms with Crippen molar-refractivity contribution in [2.75, 3.05) is 13.2 Å². The maximum atomic E-state index is 12.5. The fourth-order valence-corrected chi connectivity index (χ4v) is 5.38. The van der Waals surface area contributed by atoms with Crippen LogP contribution in [-0.4, -0.2) is 36.4 Å². The van der Waals surface area contributed by atoms with Crippen molar-refractivity contribution in [3.05, 3.63) is 24.3 Å². The van der Waals surface area contributed by atoms with Crippen LogP contribution in [0.3, 0.4) is 0 Å². The number of allylic oxidation sites excluding steroid dienone is 4. The maximum absolute atomic E-state index is 12.5. The van der Waals surface area contributed by atoms with Crippen molar-refractivity contribution in [1.29, 1.82) is 0 Å². The van der Waals surface area contributed by atoms with Gasteiger partial charge in [0.2, 0.25) is 0 Å². The molecule has 5 heteroatoms. The van der Waals surface area contributed by atoms with Crippen molar-refractivity contribution in [2.24, 2.45) is 34.5 Å². The fraction of sp³-hybridized carbons (Fsp3) is 0.714. The Morgan fingerprint density at radius 3 is 1.65 bits per heavy atom. The Morgan fingerprint density at radius 1 is 0.923 bits per heavy atom. The monoisotopic (exact) mass is 360 g/mol. The third-order valence-corrected chi connectivity index (χ3v) is 7.10. The van der Waals surface area contributed by atoms with Crippen LogP contribution in [0.1, 0.15) is 39.5 Å². The molecule has 4 bridgehead atoms. The van der Waals surface area contributed by atoms with Gasteiger partial charge in [0.1, 0.15) is 19.3 Å². The first-order valence-electron chi connectivity index (χ1n) is 9.70. The average Bonchev–Trinajstić information content (AvgIpc) is 3.37. The lowest BCUT2D eigenvalue weighted by atomic mass is 9.78. The summed E-state index contributed by atoms with van der Waals surface area (Å²) in [6.45, 7) is 3.62. The van der Waals surface area contributed by atoms with Crippen LogP contribution in [0.4, 0.5) is 0 Å². The number of hydrogen-bond acceptors (Lipinski definition) is 5. The third kappa shape index (κ3) is 2.81. The van der Waals surface area contributed by atoms with Crippen molar-refractivity contribution < 1.29 is 24.2 Å². The standard InChI is InChI=1S/C21H28O5/c1-20(9-13-3-5-15(20)7-13)18(23)25-11-17(22)12-26-19(24)21(2)10-14-4-6-16(21)8-14/h3-6,13-17,22H,7-12H2,1-2H3. The predicted molar refractivity (Wildman–Crippen MR) is 94.8 cm³/mol. The first-order chi connectivity index (χ1) is 12.3. The van der Waals surface area contributed by atoms with Crippen molar-refractivity contribution in [3.63, 3.8) is 0 Å². The molecule has 2 fully saturated rings. The molecule has 0 aliphatic heterocycles. The molecule has 0 spiro atoms. The molecule has 142 valence electrons. The predicted octanol–water partition coefficient (Wildman–Crippen LogP) is 2.64. The Labute approximate surface area is 154 Å². The Balaban J connectivity index is 1.23. The van der Waals surface area contributed by atoms with Crippen LogP contribution in [0.2, 0.25) is 0 Å². The second-order valence-electron chi connectivity index (χ2n) is 9.07. The van der Waals surface area contributed by atoms with Gasteiger partial charge in [-0.1, -0.05) is 24.3 Å². The van der Waals surface area contributed by atoms with Crippen LogP contribution < -0.4 is 0 Å². The van der Waals surface area contributed by atoms with E-state index in [1.807, 2.05) is 13.8 Å². The number of carbonyl (C=O) groups is 2. The van der Waals surface area contributed by atoms with E-state index in [9.17, 15) is 14.7 Å². The van der Waals surface area contributed by atoms with Crippen LogP contribution >= 0.6 is 0 Å². The van der Waals surface area contributed by atoms with Gasteiger partial charge < -0.3 is 14.6 Å². The van der Waals surface area contributed by atoms with Crippen molar-refractivity contribution in [2.45, 2.75) is 45.6 Å². The van der Waals surface area contributed by atoms with E-state index in [4.69, 9.17) is 9.47 Å². The topological polar surface area (TPSA) is 72.8 Å². The summed E-state index contributed by atoms with van der Waals surface area (Å²) in [4.78, 5) is 24.9. The molecule has 6 atom stereocenters. The molecular formula is C21H28O5. The van der Waals surface area contributed by atoms with E-state index >= 15 is 0 Å². The average molecular weight is 360 g/mol. The van der Waals surface area contributed by atoms with E-state index in [2.05, 4.69) is 24.3 Å². The van der Waals surface area contributed by atoms with Crippen LogP contribution in [0.15, 0.2) is 24.3 Å². The molecule has 1 N–H and O–H groups in total. The van der Waals surface area contributed by atoms with Gasteiger partial charge in [-0.05, 0) is 63.2 Å². The van der Waals surface area contributed by atoms with Gasteiger partial charge in [0.25, 0.3) is 0 Å². The molecule has 26 heavy (non-hydrogen) atoms. The SMILES string of the molecule is CC1(C(=O)OCC(O)COC(=O)C2(C)CC3C=CC2C3)CC2C=CC1C2. The van der Waals surface area contributed by atoms with Gasteiger partial charge in [-0.25, -0.2) is 0 Å². The van der Waals surface area contributed by atoms with Crippen molar-refractivity contribution >= 4 is 11.9 Å². The molecule has 6 unspecified atom stereocenters. The highest BCUT2D eigenvalue weighted by Gasteiger charge is 2.52. The zero-order valence-corrected chi connectivity index (χ0v) is 15.5. The highest BCUT2D eigenvalue weighted by molar-refractivity contribution is 5.79. The van der Waals surface area contributed by atoms with Crippen LogP contribution in [-0.2, 0) is 19.1 Å². The molecule has 4 aliphatic carbocycles. The normalized spacial score (nSPS) is 43.0. The van der Waals surface area contributed by atoms with Gasteiger partial charge in [-0.15, -0.1) is 0 Å². The molecule has 2 saturated carbocycles. The first-order valence-corrected chi connectivity index (χ1v) is 9.70. The molecule has 0 radical (unpaired) electrons. The van der Waals surface area contributed by atoms with Gasteiger partial charge in [0.05, 0.1) is 10.8 Å². The second kappa shape index (κ2) is 6.22. The van der Waals surface area contributed by atoms with E-state index in [1.54, 1.807) is 0 Å². The van der Waals surface area contributed by atoms with Gasteiger partial charge >= 0.3 is 11.9 Å². The molecule has 0 aromatic heterocycles. The van der Waals surface area contributed by atoms with E-state index in [-0.39, 0.29) is 37.0 Å². The first kappa shape index (κ1) is 17.8. The Hall–Kier alpha value is -1.62. The van der Waals surface area contributed by atoms with E-state index in [0.717, 1.165) is 25.7 Å². The molecule has 5 nitrogen and oxygen atoms in total. The molecule has 0 amide bonds. The van der Waals surface area contributed by atoms with E-state index in [1.165, 1.54) is 0 Å². The summed E-state index contributed by atoms with van der Waals surface area (Å²) >= 11 is 0. The molecule has 0 aromatic rings. The quantitative estimate of drug-likeness (QED) is 0.582. The van der Waals surface area contributed by atoms with Crippen LogP contribution in [0, 0.1) is 34.5 Å². The van der Waals surface area contributed by atoms with Gasteiger partial charge in [-0.2, -0.15) is 0 Å². The maximum Gasteiger partial charge on any atom is 0.312 e. The molecule has 0 saturated heterocycles.